The number of hydrogen-bond donors (Lipinski definition) is 3. The van der Waals surface area contributed by atoms with Gasteiger partial charge in [0.25, 0.3) is 5.91 Å². The summed E-state index contributed by atoms with van der Waals surface area (Å²) in [7, 11) is 0. The number of fused-ring (bicyclic) bond motifs is 4. The van der Waals surface area contributed by atoms with E-state index in [0.717, 1.165) is 25.7 Å². The number of hydrogen-bond acceptors (Lipinski definition) is 7. The van der Waals surface area contributed by atoms with E-state index in [-0.39, 0.29) is 46.1 Å². The van der Waals surface area contributed by atoms with Crippen LogP contribution in [-0.2, 0) is 9.47 Å². The zero-order chi connectivity index (χ0) is 33.5. The smallest absolute Gasteiger partial charge is 0.336 e. The fraction of sp³-hybridized carbons (Fsp3) is 0.306. The topological polar surface area (TPSA) is 135 Å². The molecule has 0 unspecified atom stereocenters. The third-order valence-corrected chi connectivity index (χ3v) is 8.47. The molecule has 47 heavy (non-hydrogen) atoms. The maximum absolute atomic E-state index is 13.1. The number of halogens is 2. The van der Waals surface area contributed by atoms with E-state index in [2.05, 4.69) is 5.32 Å². The molecule has 3 N–H and O–H groups in total. The summed E-state index contributed by atoms with van der Waals surface area (Å²) in [6.45, 7) is 3.76. The average Bonchev–Trinajstić information content (AvgIpc) is 3.04. The molecule has 0 atom stereocenters. The number of nitrogens with one attached hydrogen (secondary N) is 1. The number of carbonyl (C=O) groups is 2. The van der Waals surface area contributed by atoms with E-state index in [4.69, 9.17) is 37.1 Å². The first kappa shape index (κ1) is 34.2. The number of benzene rings is 4. The first-order chi connectivity index (χ1) is 22.7. The molecular formula is C36H35Cl2NO8. The van der Waals surface area contributed by atoms with Gasteiger partial charge in [0.2, 0.25) is 0 Å². The molecule has 0 bridgehead atoms. The largest absolute Gasteiger partial charge is 0.506 e. The minimum Gasteiger partial charge on any atom is -0.506 e. The van der Waals surface area contributed by atoms with Crippen molar-refractivity contribution in [2.45, 2.75) is 32.6 Å². The molecule has 0 radical (unpaired) electrons. The molecular weight excluding hydrogens is 645 g/mol. The second kappa shape index (κ2) is 15.6. The number of aromatic carboxylic acids is 1. The monoisotopic (exact) mass is 679 g/mol. The molecule has 0 saturated carbocycles. The minimum absolute atomic E-state index is 0.0579. The lowest BCUT2D eigenvalue weighted by Gasteiger charge is -2.18. The van der Waals surface area contributed by atoms with Crippen molar-refractivity contribution < 1.29 is 33.7 Å². The maximum atomic E-state index is 13.1. The Kier molecular flexibility index (Phi) is 11.4. The Hall–Kier alpha value is -4.15. The van der Waals surface area contributed by atoms with Crippen molar-refractivity contribution in [3.05, 3.63) is 86.5 Å². The Balaban J connectivity index is 1.41. The summed E-state index contributed by atoms with van der Waals surface area (Å²) in [5.41, 5.74) is 1.97. The minimum atomic E-state index is -1.23. The number of phenols is 1. The van der Waals surface area contributed by atoms with Gasteiger partial charge in [-0.1, -0.05) is 30.5 Å². The molecule has 246 valence electrons. The maximum Gasteiger partial charge on any atom is 0.336 e. The molecule has 0 saturated heterocycles. The van der Waals surface area contributed by atoms with Crippen molar-refractivity contribution in [1.82, 2.24) is 5.32 Å². The van der Waals surface area contributed by atoms with Crippen LogP contribution in [0.5, 0.6) is 5.75 Å². The fourth-order valence-corrected chi connectivity index (χ4v) is 6.02. The summed E-state index contributed by atoms with van der Waals surface area (Å²) >= 11 is 12.0. The first-order valence-electron chi connectivity index (χ1n) is 15.4. The summed E-state index contributed by atoms with van der Waals surface area (Å²) in [6.07, 6.45) is 4.17. The van der Waals surface area contributed by atoms with Gasteiger partial charge < -0.3 is 29.4 Å². The van der Waals surface area contributed by atoms with Gasteiger partial charge >= 0.3 is 5.97 Å². The molecule has 5 rings (SSSR count). The van der Waals surface area contributed by atoms with Crippen LogP contribution in [0, 0.1) is 6.92 Å². The summed E-state index contributed by atoms with van der Waals surface area (Å²) in [5.74, 6) is -1.20. The molecule has 11 heteroatoms. The second-order valence-corrected chi connectivity index (χ2v) is 12.0. The van der Waals surface area contributed by atoms with Crippen LogP contribution in [0.15, 0.2) is 63.8 Å². The van der Waals surface area contributed by atoms with E-state index in [9.17, 15) is 24.6 Å². The zero-order valence-corrected chi connectivity index (χ0v) is 27.4. The van der Waals surface area contributed by atoms with Gasteiger partial charge in [-0.25, -0.2) is 4.79 Å². The third kappa shape index (κ3) is 7.88. The number of unbranched alkanes of at least 4 members (excludes halogenated alkanes) is 3. The molecule has 9 nitrogen and oxygen atoms in total. The van der Waals surface area contributed by atoms with Gasteiger partial charge in [0, 0.05) is 57.9 Å². The molecule has 0 fully saturated rings. The number of amides is 1. The van der Waals surface area contributed by atoms with Crippen LogP contribution in [0.4, 0.5) is 0 Å². The fourth-order valence-electron chi connectivity index (χ4n) is 5.66. The molecule has 1 heterocycles. The number of aromatic hydroxyl groups is 1. The van der Waals surface area contributed by atoms with Gasteiger partial charge in [-0.05, 0) is 73.2 Å². The number of carboxylic acids is 1. The highest BCUT2D eigenvalue weighted by Crippen LogP contribution is 2.44. The van der Waals surface area contributed by atoms with Crippen LogP contribution in [0.1, 0.15) is 52.0 Å². The molecule has 4 aromatic carbocycles. The van der Waals surface area contributed by atoms with Crippen molar-refractivity contribution in [3.63, 3.8) is 0 Å². The number of rotatable bonds is 15. The van der Waals surface area contributed by atoms with Gasteiger partial charge in [0.05, 0.1) is 30.4 Å². The van der Waals surface area contributed by atoms with Gasteiger partial charge in [-0.3, -0.25) is 9.59 Å². The molecule has 1 amide bonds. The van der Waals surface area contributed by atoms with Crippen molar-refractivity contribution >= 4 is 67.8 Å². The number of carbonyl (C=O) groups excluding carboxylic acids is 1. The standard InChI is InChI=1S/C36H35Cl2NO8/c1-21-16-23(35(42)39-11-13-46-15-14-45-12-5-3-2-4-10-37)18-28(36(43)44)32(21)33-26-8-6-22-17-24(40)7-9-25(22)34(26)47-31-20-30(41)29(38)19-27(31)33/h6-9,16-20,41H,2-5,10-15H2,1H3,(H,39,42)(H,43,44). The van der Waals surface area contributed by atoms with Crippen molar-refractivity contribution in [1.29, 1.82) is 0 Å². The normalized spacial score (nSPS) is 11.5. The van der Waals surface area contributed by atoms with E-state index < -0.39 is 11.9 Å². The van der Waals surface area contributed by atoms with E-state index in [1.165, 1.54) is 30.3 Å². The predicted molar refractivity (Wildman–Crippen MR) is 184 cm³/mol. The number of aryl methyl sites for hydroxylation is 1. The van der Waals surface area contributed by atoms with E-state index in [1.54, 1.807) is 31.2 Å². The summed E-state index contributed by atoms with van der Waals surface area (Å²) in [5, 5.41) is 26.0. The summed E-state index contributed by atoms with van der Waals surface area (Å²) in [6, 6.07) is 14.0. The lowest BCUT2D eigenvalue weighted by molar-refractivity contribution is 0.0468. The highest BCUT2D eigenvalue weighted by atomic mass is 35.5. The van der Waals surface area contributed by atoms with Crippen LogP contribution < -0.4 is 10.7 Å². The predicted octanol–water partition coefficient (Wildman–Crippen LogP) is 7.69. The zero-order valence-electron chi connectivity index (χ0n) is 25.9. The van der Waals surface area contributed by atoms with Crippen molar-refractivity contribution in [2.24, 2.45) is 0 Å². The Bertz CT molecular complexity index is 2010. The highest BCUT2D eigenvalue weighted by Gasteiger charge is 2.24. The Morgan fingerprint density at radius 2 is 1.60 bits per heavy atom. The van der Waals surface area contributed by atoms with Crippen LogP contribution >= 0.6 is 23.2 Å². The van der Waals surface area contributed by atoms with E-state index in [0.29, 0.717) is 69.5 Å². The lowest BCUT2D eigenvalue weighted by Crippen LogP contribution is -2.28. The van der Waals surface area contributed by atoms with Crippen LogP contribution in [-0.4, -0.2) is 60.9 Å². The highest BCUT2D eigenvalue weighted by molar-refractivity contribution is 6.33. The van der Waals surface area contributed by atoms with E-state index >= 15 is 0 Å². The lowest BCUT2D eigenvalue weighted by atomic mass is 9.88. The van der Waals surface area contributed by atoms with Gasteiger partial charge in [-0.15, -0.1) is 11.6 Å². The van der Waals surface area contributed by atoms with Gasteiger partial charge in [0.1, 0.15) is 16.9 Å². The Morgan fingerprint density at radius 1 is 0.851 bits per heavy atom. The van der Waals surface area contributed by atoms with E-state index in [1.807, 2.05) is 0 Å². The molecule has 0 aliphatic rings. The van der Waals surface area contributed by atoms with Crippen LogP contribution in [0.25, 0.3) is 43.8 Å². The molecule has 0 spiro atoms. The second-order valence-electron chi connectivity index (χ2n) is 11.2. The number of phenolic OH excluding ortho intramolecular Hbond substituents is 1. The van der Waals surface area contributed by atoms with Gasteiger partial charge in [0.15, 0.2) is 5.43 Å². The van der Waals surface area contributed by atoms with Crippen molar-refractivity contribution in [2.75, 3.05) is 38.9 Å². The molecule has 1 aromatic heterocycles. The third-order valence-electron chi connectivity index (χ3n) is 7.90. The van der Waals surface area contributed by atoms with Gasteiger partial charge in [-0.2, -0.15) is 0 Å². The number of carboxylic acid groups (broad SMARTS) is 1. The van der Waals surface area contributed by atoms with Crippen LogP contribution in [0.3, 0.4) is 0 Å². The molecule has 0 aliphatic carbocycles. The summed E-state index contributed by atoms with van der Waals surface area (Å²) in [4.78, 5) is 37.9. The Morgan fingerprint density at radius 3 is 2.36 bits per heavy atom. The van der Waals surface area contributed by atoms with Crippen LogP contribution in [0.2, 0.25) is 5.02 Å². The molecule has 5 aromatic rings. The van der Waals surface area contributed by atoms with Crippen molar-refractivity contribution in [3.8, 4) is 16.9 Å². The quantitative estimate of drug-likeness (QED) is 0.0443. The number of alkyl halides is 1. The number of ether oxygens (including phenoxy) is 2. The Labute approximate surface area is 281 Å². The molecule has 0 aliphatic heterocycles. The first-order valence-corrected chi connectivity index (χ1v) is 16.3. The SMILES string of the molecule is Cc1cc(C(=O)NCCOCCOCCCCCCCl)cc(C(=O)O)c1-c1c2cc(Cl)c(O)cc2oc2c1ccc1cc(=O)ccc12. The average molecular weight is 681 g/mol. The summed E-state index contributed by atoms with van der Waals surface area (Å²) < 4.78 is 17.4.